The van der Waals surface area contributed by atoms with Crippen LogP contribution in [0.1, 0.15) is 36.2 Å². The standard InChI is InChI=1S/C21H22N2OS/c1-15-11-16(2)14-23(13-15)21(24)18-8-4-6-10-20(18)25-19-9-5-3-7-17(19)12-22/h3-10,15-16H,11,13-14H2,1-2H3. The summed E-state index contributed by atoms with van der Waals surface area (Å²) >= 11 is 1.49. The van der Waals surface area contributed by atoms with Crippen molar-refractivity contribution in [2.75, 3.05) is 13.1 Å². The average Bonchev–Trinajstić information content (AvgIpc) is 2.61. The lowest BCUT2D eigenvalue weighted by Crippen LogP contribution is -2.42. The Morgan fingerprint density at radius 3 is 2.32 bits per heavy atom. The van der Waals surface area contributed by atoms with E-state index in [1.807, 2.05) is 47.4 Å². The van der Waals surface area contributed by atoms with E-state index in [1.165, 1.54) is 18.2 Å². The molecule has 0 aliphatic carbocycles. The predicted molar refractivity (Wildman–Crippen MR) is 101 cm³/mol. The fourth-order valence-electron chi connectivity index (χ4n) is 3.50. The molecular formula is C21H22N2OS. The molecule has 25 heavy (non-hydrogen) atoms. The third-order valence-corrected chi connectivity index (χ3v) is 5.65. The van der Waals surface area contributed by atoms with E-state index < -0.39 is 0 Å². The highest BCUT2D eigenvalue weighted by atomic mass is 32.2. The lowest BCUT2D eigenvalue weighted by molar-refractivity contribution is 0.0619. The van der Waals surface area contributed by atoms with Gasteiger partial charge in [-0.2, -0.15) is 5.26 Å². The van der Waals surface area contributed by atoms with Crippen LogP contribution in [-0.4, -0.2) is 23.9 Å². The largest absolute Gasteiger partial charge is 0.338 e. The zero-order chi connectivity index (χ0) is 17.8. The lowest BCUT2D eigenvalue weighted by atomic mass is 9.91. The maximum absolute atomic E-state index is 13.1. The van der Waals surface area contributed by atoms with E-state index in [-0.39, 0.29) is 5.91 Å². The molecule has 0 spiro atoms. The average molecular weight is 350 g/mol. The molecule has 0 bridgehead atoms. The van der Waals surface area contributed by atoms with Crippen molar-refractivity contribution in [1.29, 1.82) is 5.26 Å². The molecule has 0 N–H and O–H groups in total. The van der Waals surface area contributed by atoms with E-state index in [1.54, 1.807) is 6.07 Å². The van der Waals surface area contributed by atoms with E-state index in [9.17, 15) is 10.1 Å². The van der Waals surface area contributed by atoms with Gasteiger partial charge in [0, 0.05) is 22.9 Å². The van der Waals surface area contributed by atoms with Crippen LogP contribution in [0, 0.1) is 23.2 Å². The van der Waals surface area contributed by atoms with Crippen LogP contribution in [0.4, 0.5) is 0 Å². The van der Waals surface area contributed by atoms with E-state index in [0.717, 1.165) is 28.4 Å². The first-order chi connectivity index (χ1) is 12.1. The Morgan fingerprint density at radius 2 is 1.64 bits per heavy atom. The highest BCUT2D eigenvalue weighted by molar-refractivity contribution is 7.99. The Bertz CT molecular complexity index is 802. The fraction of sp³-hybridized carbons (Fsp3) is 0.333. The molecule has 0 radical (unpaired) electrons. The highest BCUT2D eigenvalue weighted by Crippen LogP contribution is 2.34. The summed E-state index contributed by atoms with van der Waals surface area (Å²) in [5.74, 6) is 1.16. The number of nitriles is 1. The van der Waals surface area contributed by atoms with Crippen LogP contribution >= 0.6 is 11.8 Å². The van der Waals surface area contributed by atoms with E-state index in [0.29, 0.717) is 17.4 Å². The number of piperidine rings is 1. The SMILES string of the molecule is CC1CC(C)CN(C(=O)c2ccccc2Sc2ccccc2C#N)C1. The minimum Gasteiger partial charge on any atom is -0.338 e. The van der Waals surface area contributed by atoms with Gasteiger partial charge in [-0.3, -0.25) is 4.79 Å². The smallest absolute Gasteiger partial charge is 0.255 e. The molecule has 3 nitrogen and oxygen atoms in total. The van der Waals surface area contributed by atoms with Crippen LogP contribution in [0.3, 0.4) is 0 Å². The number of rotatable bonds is 3. The molecule has 1 amide bonds. The third kappa shape index (κ3) is 4.05. The molecule has 1 aliphatic rings. The molecule has 128 valence electrons. The summed E-state index contributed by atoms with van der Waals surface area (Å²) in [7, 11) is 0. The molecule has 3 rings (SSSR count). The molecule has 4 heteroatoms. The van der Waals surface area contributed by atoms with Crippen LogP contribution in [0.15, 0.2) is 58.3 Å². The molecule has 1 heterocycles. The molecule has 1 fully saturated rings. The van der Waals surface area contributed by atoms with Crippen molar-refractivity contribution in [1.82, 2.24) is 4.90 Å². The predicted octanol–water partition coefficient (Wildman–Crippen LogP) is 4.83. The van der Waals surface area contributed by atoms with Crippen molar-refractivity contribution >= 4 is 17.7 Å². The van der Waals surface area contributed by atoms with Crippen LogP contribution in [0.5, 0.6) is 0 Å². The number of hydrogen-bond donors (Lipinski definition) is 0. The summed E-state index contributed by atoms with van der Waals surface area (Å²) in [4.78, 5) is 16.9. The molecular weight excluding hydrogens is 328 g/mol. The summed E-state index contributed by atoms with van der Waals surface area (Å²) < 4.78 is 0. The van der Waals surface area contributed by atoms with Gasteiger partial charge in [-0.1, -0.05) is 49.9 Å². The second-order valence-corrected chi connectivity index (χ2v) is 7.95. The van der Waals surface area contributed by atoms with Gasteiger partial charge in [0.05, 0.1) is 11.1 Å². The number of amides is 1. The van der Waals surface area contributed by atoms with Gasteiger partial charge in [0.25, 0.3) is 5.91 Å². The first-order valence-electron chi connectivity index (χ1n) is 8.63. The molecule has 1 saturated heterocycles. The van der Waals surface area contributed by atoms with Gasteiger partial charge in [0.15, 0.2) is 0 Å². The summed E-state index contributed by atoms with van der Waals surface area (Å²) in [5.41, 5.74) is 1.36. The van der Waals surface area contributed by atoms with Crippen molar-refractivity contribution < 1.29 is 4.79 Å². The first kappa shape index (κ1) is 17.6. The van der Waals surface area contributed by atoms with Crippen LogP contribution < -0.4 is 0 Å². The van der Waals surface area contributed by atoms with Gasteiger partial charge in [0.1, 0.15) is 6.07 Å². The van der Waals surface area contributed by atoms with Gasteiger partial charge in [0.2, 0.25) is 0 Å². The molecule has 2 aromatic rings. The molecule has 2 atom stereocenters. The van der Waals surface area contributed by atoms with E-state index in [4.69, 9.17) is 0 Å². The van der Waals surface area contributed by atoms with Crippen molar-refractivity contribution in [2.24, 2.45) is 11.8 Å². The molecule has 0 saturated carbocycles. The van der Waals surface area contributed by atoms with Crippen LogP contribution in [-0.2, 0) is 0 Å². The maximum Gasteiger partial charge on any atom is 0.255 e. The summed E-state index contributed by atoms with van der Waals surface area (Å²) in [6.45, 7) is 6.05. The molecule has 1 aliphatic heterocycles. The quantitative estimate of drug-likeness (QED) is 0.796. The lowest BCUT2D eigenvalue weighted by Gasteiger charge is -2.35. The Morgan fingerprint density at radius 1 is 1.04 bits per heavy atom. The number of likely N-dealkylation sites (tertiary alicyclic amines) is 1. The minimum absolute atomic E-state index is 0.0935. The molecule has 2 aromatic carbocycles. The van der Waals surface area contributed by atoms with E-state index >= 15 is 0 Å². The molecule has 2 unspecified atom stereocenters. The Balaban J connectivity index is 1.88. The topological polar surface area (TPSA) is 44.1 Å². The van der Waals surface area contributed by atoms with Crippen molar-refractivity contribution in [3.63, 3.8) is 0 Å². The van der Waals surface area contributed by atoms with Gasteiger partial charge in [-0.15, -0.1) is 0 Å². The Hall–Kier alpha value is -2.25. The van der Waals surface area contributed by atoms with E-state index in [2.05, 4.69) is 19.9 Å². The second-order valence-electron chi connectivity index (χ2n) is 6.86. The third-order valence-electron chi connectivity index (χ3n) is 4.50. The van der Waals surface area contributed by atoms with Gasteiger partial charge < -0.3 is 4.90 Å². The zero-order valence-corrected chi connectivity index (χ0v) is 15.4. The number of hydrogen-bond acceptors (Lipinski definition) is 3. The van der Waals surface area contributed by atoms with Crippen LogP contribution in [0.2, 0.25) is 0 Å². The summed E-state index contributed by atoms with van der Waals surface area (Å²) in [5, 5.41) is 9.30. The van der Waals surface area contributed by atoms with Gasteiger partial charge in [-0.05, 0) is 42.5 Å². The van der Waals surface area contributed by atoms with Crippen molar-refractivity contribution in [3.8, 4) is 6.07 Å². The Kier molecular flexibility index (Phi) is 5.45. The number of benzene rings is 2. The van der Waals surface area contributed by atoms with Crippen molar-refractivity contribution in [2.45, 2.75) is 30.1 Å². The number of nitrogens with zero attached hydrogens (tertiary/aromatic N) is 2. The number of carbonyl (C=O) groups excluding carboxylic acids is 1. The number of carbonyl (C=O) groups is 1. The Labute approximate surface area is 153 Å². The van der Waals surface area contributed by atoms with Gasteiger partial charge >= 0.3 is 0 Å². The first-order valence-corrected chi connectivity index (χ1v) is 9.45. The van der Waals surface area contributed by atoms with Gasteiger partial charge in [-0.25, -0.2) is 0 Å². The fourth-order valence-corrected chi connectivity index (χ4v) is 4.52. The molecule has 0 aromatic heterocycles. The maximum atomic E-state index is 13.1. The zero-order valence-electron chi connectivity index (χ0n) is 14.6. The normalized spacial score (nSPS) is 20.1. The summed E-state index contributed by atoms with van der Waals surface area (Å²) in [6.07, 6.45) is 1.18. The monoisotopic (exact) mass is 350 g/mol. The highest BCUT2D eigenvalue weighted by Gasteiger charge is 2.27. The summed E-state index contributed by atoms with van der Waals surface area (Å²) in [6, 6.07) is 17.4. The minimum atomic E-state index is 0.0935. The second kappa shape index (κ2) is 7.76. The van der Waals surface area contributed by atoms with Crippen molar-refractivity contribution in [3.05, 3.63) is 59.7 Å². The van der Waals surface area contributed by atoms with Crippen LogP contribution in [0.25, 0.3) is 0 Å².